The van der Waals surface area contributed by atoms with Crippen molar-refractivity contribution in [1.29, 1.82) is 0 Å². The zero-order valence-electron chi connectivity index (χ0n) is 9.99. The van der Waals surface area contributed by atoms with Crippen molar-refractivity contribution in [2.45, 2.75) is 51.6 Å². The van der Waals surface area contributed by atoms with E-state index in [0.717, 1.165) is 18.9 Å². The highest BCUT2D eigenvalue weighted by Crippen LogP contribution is 2.29. The zero-order valence-corrected chi connectivity index (χ0v) is 9.99. The molecule has 0 aromatic rings. The van der Waals surface area contributed by atoms with E-state index in [1.165, 1.54) is 45.2 Å². The summed E-state index contributed by atoms with van der Waals surface area (Å²) in [5.41, 5.74) is 0. The summed E-state index contributed by atoms with van der Waals surface area (Å²) in [6, 6.07) is 0. The molecule has 1 saturated carbocycles. The third-order valence-corrected chi connectivity index (χ3v) is 4.18. The second kappa shape index (κ2) is 5.31. The highest BCUT2D eigenvalue weighted by Gasteiger charge is 2.29. The monoisotopic (exact) mass is 211 g/mol. The molecule has 15 heavy (non-hydrogen) atoms. The van der Waals surface area contributed by atoms with Crippen molar-refractivity contribution in [3.63, 3.8) is 0 Å². The lowest BCUT2D eigenvalue weighted by Gasteiger charge is -2.22. The Hall–Kier alpha value is -0.0800. The van der Waals surface area contributed by atoms with E-state index in [4.69, 9.17) is 0 Å². The number of aliphatic hydroxyl groups excluding tert-OH is 1. The van der Waals surface area contributed by atoms with Gasteiger partial charge in [-0.2, -0.15) is 0 Å². The Morgan fingerprint density at radius 2 is 2.13 bits per heavy atom. The summed E-state index contributed by atoms with van der Waals surface area (Å²) in [7, 11) is 0. The van der Waals surface area contributed by atoms with E-state index >= 15 is 0 Å². The van der Waals surface area contributed by atoms with Gasteiger partial charge in [0, 0.05) is 13.1 Å². The Labute approximate surface area is 93.7 Å². The molecule has 0 amide bonds. The Morgan fingerprint density at radius 1 is 1.27 bits per heavy atom. The molecule has 0 aromatic carbocycles. The molecule has 0 aromatic heterocycles. The number of hydrogen-bond acceptors (Lipinski definition) is 2. The van der Waals surface area contributed by atoms with Gasteiger partial charge in [0.05, 0.1) is 6.10 Å². The minimum atomic E-state index is -0.00442. The Morgan fingerprint density at radius 3 is 2.80 bits per heavy atom. The molecule has 1 N–H and O–H groups in total. The standard InChI is InChI=1S/C13H25NO/c1-2-4-11-7-8-14(9-11)10-12-5-3-6-13(12)15/h11-13,15H,2-10H2,1H3. The molecule has 2 heteroatoms. The Kier molecular flexibility index (Phi) is 4.04. The summed E-state index contributed by atoms with van der Waals surface area (Å²) in [4.78, 5) is 2.58. The first-order valence-corrected chi connectivity index (χ1v) is 6.70. The fourth-order valence-corrected chi connectivity index (χ4v) is 3.28. The quantitative estimate of drug-likeness (QED) is 0.771. The van der Waals surface area contributed by atoms with E-state index in [2.05, 4.69) is 11.8 Å². The molecule has 1 aliphatic carbocycles. The number of rotatable bonds is 4. The van der Waals surface area contributed by atoms with Gasteiger partial charge >= 0.3 is 0 Å². The van der Waals surface area contributed by atoms with E-state index in [-0.39, 0.29) is 6.10 Å². The van der Waals surface area contributed by atoms with Crippen molar-refractivity contribution in [3.05, 3.63) is 0 Å². The van der Waals surface area contributed by atoms with Crippen LogP contribution in [0.4, 0.5) is 0 Å². The molecule has 1 aliphatic heterocycles. The first-order valence-electron chi connectivity index (χ1n) is 6.70. The Bertz CT molecular complexity index is 195. The van der Waals surface area contributed by atoms with Crippen LogP contribution < -0.4 is 0 Å². The van der Waals surface area contributed by atoms with E-state index in [1.807, 2.05) is 0 Å². The average Bonchev–Trinajstić information content (AvgIpc) is 2.79. The highest BCUT2D eigenvalue weighted by molar-refractivity contribution is 4.83. The summed E-state index contributed by atoms with van der Waals surface area (Å²) in [5, 5.41) is 9.79. The summed E-state index contributed by atoms with van der Waals surface area (Å²) < 4.78 is 0. The van der Waals surface area contributed by atoms with Crippen LogP contribution in [0.3, 0.4) is 0 Å². The molecule has 88 valence electrons. The third-order valence-electron chi connectivity index (χ3n) is 4.18. The molecular formula is C13H25NO. The predicted octanol–water partition coefficient (Wildman–Crippen LogP) is 2.27. The summed E-state index contributed by atoms with van der Waals surface area (Å²) >= 11 is 0. The number of nitrogens with zero attached hydrogens (tertiary/aromatic N) is 1. The van der Waals surface area contributed by atoms with Crippen LogP contribution in [0.5, 0.6) is 0 Å². The van der Waals surface area contributed by atoms with Crippen LogP contribution in [-0.2, 0) is 0 Å². The lowest BCUT2D eigenvalue weighted by atomic mass is 10.0. The van der Waals surface area contributed by atoms with Gasteiger partial charge in [0.2, 0.25) is 0 Å². The second-order valence-electron chi connectivity index (χ2n) is 5.46. The van der Waals surface area contributed by atoms with E-state index < -0.39 is 0 Å². The molecule has 0 bridgehead atoms. The van der Waals surface area contributed by atoms with Crippen LogP contribution >= 0.6 is 0 Å². The molecule has 3 unspecified atom stereocenters. The molecule has 2 aliphatic rings. The van der Waals surface area contributed by atoms with Crippen molar-refractivity contribution in [3.8, 4) is 0 Å². The molecule has 2 fully saturated rings. The molecule has 1 heterocycles. The van der Waals surface area contributed by atoms with Crippen LogP contribution in [0.15, 0.2) is 0 Å². The molecular weight excluding hydrogens is 186 g/mol. The zero-order chi connectivity index (χ0) is 10.7. The molecule has 3 atom stereocenters. The van der Waals surface area contributed by atoms with Crippen LogP contribution in [0.25, 0.3) is 0 Å². The molecule has 2 nitrogen and oxygen atoms in total. The van der Waals surface area contributed by atoms with Crippen LogP contribution in [0, 0.1) is 11.8 Å². The fraction of sp³-hybridized carbons (Fsp3) is 1.00. The minimum absolute atomic E-state index is 0.00442. The largest absolute Gasteiger partial charge is 0.393 e. The normalized spacial score (nSPS) is 37.6. The van der Waals surface area contributed by atoms with Crippen molar-refractivity contribution in [2.75, 3.05) is 19.6 Å². The first-order chi connectivity index (χ1) is 7.29. The lowest BCUT2D eigenvalue weighted by Crippen LogP contribution is -2.31. The van der Waals surface area contributed by atoms with E-state index in [0.29, 0.717) is 5.92 Å². The minimum Gasteiger partial charge on any atom is -0.393 e. The van der Waals surface area contributed by atoms with Gasteiger partial charge < -0.3 is 10.0 Å². The van der Waals surface area contributed by atoms with Crippen molar-refractivity contribution < 1.29 is 5.11 Å². The van der Waals surface area contributed by atoms with Gasteiger partial charge in [-0.1, -0.05) is 19.8 Å². The predicted molar refractivity (Wildman–Crippen MR) is 62.8 cm³/mol. The summed E-state index contributed by atoms with van der Waals surface area (Å²) in [5.74, 6) is 1.51. The van der Waals surface area contributed by atoms with Gasteiger partial charge in [0.15, 0.2) is 0 Å². The topological polar surface area (TPSA) is 23.5 Å². The van der Waals surface area contributed by atoms with Gasteiger partial charge in [-0.15, -0.1) is 0 Å². The van der Waals surface area contributed by atoms with Gasteiger partial charge in [0.25, 0.3) is 0 Å². The highest BCUT2D eigenvalue weighted by atomic mass is 16.3. The van der Waals surface area contributed by atoms with Crippen LogP contribution in [0.2, 0.25) is 0 Å². The summed E-state index contributed by atoms with van der Waals surface area (Å²) in [6.07, 6.45) is 7.62. The van der Waals surface area contributed by atoms with E-state index in [1.54, 1.807) is 0 Å². The van der Waals surface area contributed by atoms with Crippen molar-refractivity contribution in [1.82, 2.24) is 4.90 Å². The summed E-state index contributed by atoms with van der Waals surface area (Å²) in [6.45, 7) is 6.00. The fourth-order valence-electron chi connectivity index (χ4n) is 3.28. The molecule has 0 spiro atoms. The second-order valence-corrected chi connectivity index (χ2v) is 5.46. The smallest absolute Gasteiger partial charge is 0.0580 e. The van der Waals surface area contributed by atoms with Crippen LogP contribution in [-0.4, -0.2) is 35.7 Å². The number of hydrogen-bond donors (Lipinski definition) is 1. The SMILES string of the molecule is CCCC1CCN(CC2CCCC2O)C1. The Balaban J connectivity index is 1.72. The number of likely N-dealkylation sites (tertiary alicyclic amines) is 1. The van der Waals surface area contributed by atoms with Gasteiger partial charge in [0.1, 0.15) is 0 Å². The van der Waals surface area contributed by atoms with Crippen molar-refractivity contribution in [2.24, 2.45) is 11.8 Å². The molecule has 1 saturated heterocycles. The first kappa shape index (κ1) is 11.4. The molecule has 0 radical (unpaired) electrons. The van der Waals surface area contributed by atoms with Crippen molar-refractivity contribution >= 4 is 0 Å². The van der Waals surface area contributed by atoms with E-state index in [9.17, 15) is 5.11 Å². The number of aliphatic hydroxyl groups is 1. The maximum absolute atomic E-state index is 9.79. The van der Waals surface area contributed by atoms with Gasteiger partial charge in [-0.25, -0.2) is 0 Å². The maximum atomic E-state index is 9.79. The third kappa shape index (κ3) is 2.94. The lowest BCUT2D eigenvalue weighted by molar-refractivity contribution is 0.108. The van der Waals surface area contributed by atoms with Gasteiger partial charge in [-0.05, 0) is 44.1 Å². The van der Waals surface area contributed by atoms with Crippen LogP contribution in [0.1, 0.15) is 45.4 Å². The average molecular weight is 211 g/mol. The maximum Gasteiger partial charge on any atom is 0.0580 e. The van der Waals surface area contributed by atoms with Gasteiger partial charge in [-0.3, -0.25) is 0 Å². The molecule has 2 rings (SSSR count).